The molecule has 1 amide bonds. The molecule has 0 fully saturated rings. The number of benzene rings is 2. The molecule has 0 bridgehead atoms. The molecule has 1 aliphatic rings. The summed E-state index contributed by atoms with van der Waals surface area (Å²) in [6.07, 6.45) is 3.20. The van der Waals surface area contributed by atoms with Gasteiger partial charge in [0, 0.05) is 11.8 Å². The molecule has 0 heterocycles. The Labute approximate surface area is 138 Å². The van der Waals surface area contributed by atoms with Gasteiger partial charge in [0.05, 0.1) is 0 Å². The lowest BCUT2D eigenvalue weighted by molar-refractivity contribution is -0.119. The first kappa shape index (κ1) is 15.9. The lowest BCUT2D eigenvalue weighted by Gasteiger charge is -2.09. The van der Waals surface area contributed by atoms with E-state index in [-0.39, 0.29) is 11.3 Å². The summed E-state index contributed by atoms with van der Waals surface area (Å²) in [4.78, 5) is 23.7. The number of aromatic hydroxyl groups is 2. The van der Waals surface area contributed by atoms with Gasteiger partial charge in [-0.05, 0) is 54.7 Å². The quantitative estimate of drug-likeness (QED) is 0.749. The van der Waals surface area contributed by atoms with Gasteiger partial charge in [0.1, 0.15) is 17.1 Å². The number of rotatable bonds is 4. The number of hydrogen-bond donors (Lipinski definition) is 3. The number of hydrogen-bond acceptors (Lipinski definition) is 5. The third kappa shape index (κ3) is 3.48. The van der Waals surface area contributed by atoms with E-state index in [0.29, 0.717) is 5.69 Å². The average molecular weight is 327 g/mol. The highest BCUT2D eigenvalue weighted by atomic mass is 16.5. The van der Waals surface area contributed by atoms with Crippen LogP contribution in [0.25, 0.3) is 0 Å². The van der Waals surface area contributed by atoms with E-state index in [0.717, 1.165) is 25.3 Å². The maximum absolute atomic E-state index is 11.9. The van der Waals surface area contributed by atoms with Gasteiger partial charge >= 0.3 is 5.97 Å². The number of esters is 1. The van der Waals surface area contributed by atoms with Crippen LogP contribution in [-0.2, 0) is 22.4 Å². The molecule has 0 unspecified atom stereocenters. The number of nitrogens with one attached hydrogen (secondary N) is 1. The van der Waals surface area contributed by atoms with E-state index in [9.17, 15) is 19.8 Å². The molecule has 0 atom stereocenters. The fourth-order valence-corrected chi connectivity index (χ4v) is 2.75. The Morgan fingerprint density at radius 1 is 1.04 bits per heavy atom. The van der Waals surface area contributed by atoms with Crippen LogP contribution in [0, 0.1) is 0 Å². The first-order valence-electron chi connectivity index (χ1n) is 7.63. The molecule has 0 saturated heterocycles. The molecule has 0 saturated carbocycles. The van der Waals surface area contributed by atoms with Gasteiger partial charge in [-0.2, -0.15) is 0 Å². The molecule has 3 N–H and O–H groups in total. The molecule has 124 valence electrons. The lowest BCUT2D eigenvalue weighted by Crippen LogP contribution is -2.21. The second kappa shape index (κ2) is 6.62. The van der Waals surface area contributed by atoms with Crippen LogP contribution in [0.15, 0.2) is 36.4 Å². The molecule has 0 spiro atoms. The van der Waals surface area contributed by atoms with Gasteiger partial charge in [0.15, 0.2) is 6.61 Å². The molecule has 0 aromatic heterocycles. The van der Waals surface area contributed by atoms with E-state index in [4.69, 9.17) is 4.74 Å². The zero-order valence-electron chi connectivity index (χ0n) is 12.9. The Balaban J connectivity index is 1.56. The van der Waals surface area contributed by atoms with Crippen molar-refractivity contribution >= 4 is 17.6 Å². The number of carbonyl (C=O) groups is 2. The summed E-state index contributed by atoms with van der Waals surface area (Å²) in [5.74, 6) is -1.87. The molecule has 0 aliphatic heterocycles. The van der Waals surface area contributed by atoms with Crippen LogP contribution in [-0.4, -0.2) is 28.7 Å². The van der Waals surface area contributed by atoms with E-state index < -0.39 is 24.2 Å². The normalized spacial score (nSPS) is 12.5. The fourth-order valence-electron chi connectivity index (χ4n) is 2.75. The van der Waals surface area contributed by atoms with Crippen molar-refractivity contribution in [3.63, 3.8) is 0 Å². The van der Waals surface area contributed by atoms with Crippen molar-refractivity contribution in [2.45, 2.75) is 19.3 Å². The molecular weight excluding hydrogens is 310 g/mol. The first-order valence-corrected chi connectivity index (χ1v) is 7.63. The number of ether oxygens (including phenoxy) is 1. The monoisotopic (exact) mass is 327 g/mol. The predicted octanol–water partition coefficient (Wildman–Crippen LogP) is 2.38. The van der Waals surface area contributed by atoms with E-state index in [1.54, 1.807) is 0 Å². The van der Waals surface area contributed by atoms with Crippen LogP contribution in [0.1, 0.15) is 27.9 Å². The maximum Gasteiger partial charge on any atom is 0.342 e. The number of aryl methyl sites for hydroxylation is 2. The molecule has 6 nitrogen and oxygen atoms in total. The second-order valence-electron chi connectivity index (χ2n) is 5.66. The molecular formula is C18H17NO5. The standard InChI is InChI=1S/C18H17NO5/c20-14-6-7-15(16(21)9-14)18(23)24-10-17(22)19-13-5-4-11-2-1-3-12(11)8-13/h4-9,20-21H,1-3,10H2,(H,19,22). The van der Waals surface area contributed by atoms with E-state index in [1.807, 2.05) is 18.2 Å². The minimum atomic E-state index is -0.836. The van der Waals surface area contributed by atoms with Crippen molar-refractivity contribution in [2.24, 2.45) is 0 Å². The Kier molecular flexibility index (Phi) is 4.37. The number of anilines is 1. The molecule has 0 radical (unpaired) electrons. The van der Waals surface area contributed by atoms with Crippen LogP contribution in [0.4, 0.5) is 5.69 Å². The molecule has 1 aliphatic carbocycles. The van der Waals surface area contributed by atoms with Crippen LogP contribution in [0.5, 0.6) is 11.5 Å². The van der Waals surface area contributed by atoms with Gasteiger partial charge in [-0.1, -0.05) is 6.07 Å². The van der Waals surface area contributed by atoms with Gasteiger partial charge in [0.2, 0.25) is 0 Å². The van der Waals surface area contributed by atoms with E-state index in [2.05, 4.69) is 5.32 Å². The van der Waals surface area contributed by atoms with Gasteiger partial charge in [-0.3, -0.25) is 4.79 Å². The topological polar surface area (TPSA) is 95.9 Å². The zero-order valence-corrected chi connectivity index (χ0v) is 12.9. The van der Waals surface area contributed by atoms with Crippen molar-refractivity contribution in [3.05, 3.63) is 53.1 Å². The van der Waals surface area contributed by atoms with Crippen molar-refractivity contribution < 1.29 is 24.5 Å². The Morgan fingerprint density at radius 3 is 2.62 bits per heavy atom. The fraction of sp³-hybridized carbons (Fsp3) is 0.222. The van der Waals surface area contributed by atoms with Crippen LogP contribution in [0.2, 0.25) is 0 Å². The van der Waals surface area contributed by atoms with Crippen LogP contribution in [0.3, 0.4) is 0 Å². The molecule has 3 rings (SSSR count). The highest BCUT2D eigenvalue weighted by molar-refractivity contribution is 5.96. The lowest BCUT2D eigenvalue weighted by atomic mass is 10.1. The Hall–Kier alpha value is -3.02. The summed E-state index contributed by atoms with van der Waals surface area (Å²) in [5, 5.41) is 21.5. The smallest absolute Gasteiger partial charge is 0.342 e. The van der Waals surface area contributed by atoms with Gasteiger partial charge in [0.25, 0.3) is 5.91 Å². The molecule has 2 aromatic carbocycles. The zero-order chi connectivity index (χ0) is 17.1. The predicted molar refractivity (Wildman–Crippen MR) is 87.2 cm³/mol. The van der Waals surface area contributed by atoms with Crippen molar-refractivity contribution in [1.29, 1.82) is 0 Å². The summed E-state index contributed by atoms with van der Waals surface area (Å²) in [6.45, 7) is -0.462. The molecule has 24 heavy (non-hydrogen) atoms. The van der Waals surface area contributed by atoms with Crippen LogP contribution < -0.4 is 5.32 Å². The van der Waals surface area contributed by atoms with E-state index in [1.165, 1.54) is 23.3 Å². The molecule has 2 aromatic rings. The Morgan fingerprint density at radius 2 is 1.83 bits per heavy atom. The summed E-state index contributed by atoms with van der Waals surface area (Å²) >= 11 is 0. The second-order valence-corrected chi connectivity index (χ2v) is 5.66. The first-order chi connectivity index (χ1) is 11.5. The van der Waals surface area contributed by atoms with E-state index >= 15 is 0 Å². The molecule has 6 heteroatoms. The summed E-state index contributed by atoms with van der Waals surface area (Å²) in [6, 6.07) is 9.27. The third-order valence-corrected chi connectivity index (χ3v) is 3.92. The number of phenolic OH excluding ortho intramolecular Hbond substituents is 2. The SMILES string of the molecule is O=C(COC(=O)c1ccc(O)cc1O)Nc1ccc2c(c1)CCC2. The van der Waals surface area contributed by atoms with Gasteiger partial charge in [-0.25, -0.2) is 4.79 Å². The van der Waals surface area contributed by atoms with Crippen molar-refractivity contribution in [2.75, 3.05) is 11.9 Å². The summed E-state index contributed by atoms with van der Waals surface area (Å²) in [7, 11) is 0. The van der Waals surface area contributed by atoms with Crippen molar-refractivity contribution in [1.82, 2.24) is 0 Å². The third-order valence-electron chi connectivity index (χ3n) is 3.92. The van der Waals surface area contributed by atoms with Gasteiger partial charge in [-0.15, -0.1) is 0 Å². The summed E-state index contributed by atoms with van der Waals surface area (Å²) in [5.41, 5.74) is 3.10. The minimum Gasteiger partial charge on any atom is -0.508 e. The number of fused-ring (bicyclic) bond motifs is 1. The summed E-state index contributed by atoms with van der Waals surface area (Å²) < 4.78 is 4.88. The highest BCUT2D eigenvalue weighted by Crippen LogP contribution is 2.25. The van der Waals surface area contributed by atoms with Crippen molar-refractivity contribution in [3.8, 4) is 11.5 Å². The largest absolute Gasteiger partial charge is 0.508 e. The highest BCUT2D eigenvalue weighted by Gasteiger charge is 2.16. The minimum absolute atomic E-state index is 0.113. The average Bonchev–Trinajstić information content (AvgIpc) is 3.00. The number of phenols is 2. The Bertz CT molecular complexity index is 800. The number of amides is 1. The van der Waals surface area contributed by atoms with Gasteiger partial charge < -0.3 is 20.3 Å². The van der Waals surface area contributed by atoms with Crippen LogP contribution >= 0.6 is 0 Å². The number of carbonyl (C=O) groups excluding carboxylic acids is 2. The maximum atomic E-state index is 11.9.